The van der Waals surface area contributed by atoms with Gasteiger partial charge in [-0.15, -0.1) is 16.4 Å². The average molecular weight is 451 g/mol. The smallest absolute Gasteiger partial charge is 0.211 e. The molecule has 4 aromatic rings. The van der Waals surface area contributed by atoms with Crippen LogP contribution in [-0.4, -0.2) is 29.6 Å². The predicted molar refractivity (Wildman–Crippen MR) is 111 cm³/mol. The summed E-state index contributed by atoms with van der Waals surface area (Å²) in [5.41, 5.74) is 1.91. The van der Waals surface area contributed by atoms with Crippen molar-refractivity contribution >= 4 is 37.9 Å². The molecule has 0 radical (unpaired) electrons. The van der Waals surface area contributed by atoms with E-state index in [1.54, 1.807) is 35.7 Å². The number of fused-ring (bicyclic) bond motifs is 1. The number of thiazole rings is 1. The highest BCUT2D eigenvalue weighted by Gasteiger charge is 2.18. The predicted octanol–water partition coefficient (Wildman–Crippen LogP) is 4.08. The molecule has 2 aromatic heterocycles. The Balaban J connectivity index is 1.51. The second-order valence-electron chi connectivity index (χ2n) is 6.38. The van der Waals surface area contributed by atoms with Crippen LogP contribution in [0.25, 0.3) is 16.3 Å². The highest BCUT2D eigenvalue weighted by atomic mass is 35.5. The number of nitrogens with zero attached hydrogens (tertiary/aromatic N) is 3. The molecule has 2 heterocycles. The Morgan fingerprint density at radius 2 is 2.03 bits per heavy atom. The van der Waals surface area contributed by atoms with Gasteiger partial charge in [0.05, 0.1) is 10.6 Å². The molecule has 4 rings (SSSR count). The molecule has 0 atom stereocenters. The fourth-order valence-electron chi connectivity index (χ4n) is 2.92. The molecule has 0 bridgehead atoms. The van der Waals surface area contributed by atoms with Crippen LogP contribution in [0.3, 0.4) is 0 Å². The van der Waals surface area contributed by atoms with E-state index in [0.29, 0.717) is 33.4 Å². The lowest BCUT2D eigenvalue weighted by molar-refractivity contribution is 0.580. The average Bonchev–Trinajstić information content (AvgIpc) is 3.25. The molecule has 10 heteroatoms. The van der Waals surface area contributed by atoms with Crippen molar-refractivity contribution in [3.05, 3.63) is 69.9 Å². The molecular formula is C19H16ClFN4O2S2. The van der Waals surface area contributed by atoms with Gasteiger partial charge >= 0.3 is 0 Å². The first kappa shape index (κ1) is 20.0. The molecule has 1 N–H and O–H groups in total. The molecule has 0 unspecified atom stereocenters. The summed E-state index contributed by atoms with van der Waals surface area (Å²) < 4.78 is 42.9. The monoisotopic (exact) mass is 450 g/mol. The van der Waals surface area contributed by atoms with Crippen molar-refractivity contribution in [1.82, 2.24) is 19.3 Å². The Hall–Kier alpha value is -2.33. The van der Waals surface area contributed by atoms with Gasteiger partial charge in [0.2, 0.25) is 15.0 Å². The number of halogens is 2. The molecule has 0 spiro atoms. The van der Waals surface area contributed by atoms with Crippen molar-refractivity contribution in [2.24, 2.45) is 0 Å². The number of aromatic nitrogens is 3. The van der Waals surface area contributed by atoms with Gasteiger partial charge in [-0.05, 0) is 36.8 Å². The molecule has 0 saturated carbocycles. The van der Waals surface area contributed by atoms with Crippen LogP contribution in [0.2, 0.25) is 5.02 Å². The largest absolute Gasteiger partial charge is 0.240 e. The van der Waals surface area contributed by atoms with Crippen LogP contribution in [0.5, 0.6) is 0 Å². The van der Waals surface area contributed by atoms with Gasteiger partial charge in [0.15, 0.2) is 5.82 Å². The van der Waals surface area contributed by atoms with Crippen molar-refractivity contribution in [2.45, 2.75) is 18.2 Å². The second-order valence-corrected chi connectivity index (χ2v) is 9.36. The van der Waals surface area contributed by atoms with Gasteiger partial charge in [-0.3, -0.25) is 0 Å². The summed E-state index contributed by atoms with van der Waals surface area (Å²) in [6.07, 6.45) is 0.421. The quantitative estimate of drug-likeness (QED) is 0.480. The first-order chi connectivity index (χ1) is 13.8. The van der Waals surface area contributed by atoms with E-state index in [0.717, 1.165) is 5.69 Å². The Bertz CT molecular complexity index is 1300. The fraction of sp³-hybridized carbons (Fsp3) is 0.158. The molecule has 0 fully saturated rings. The molecule has 0 aliphatic rings. The van der Waals surface area contributed by atoms with Crippen molar-refractivity contribution in [2.75, 3.05) is 6.54 Å². The van der Waals surface area contributed by atoms with Crippen molar-refractivity contribution in [3.8, 4) is 11.4 Å². The Kier molecular flexibility index (Phi) is 5.39. The van der Waals surface area contributed by atoms with E-state index in [-0.39, 0.29) is 17.3 Å². The minimum atomic E-state index is -3.68. The van der Waals surface area contributed by atoms with Gasteiger partial charge in [0.25, 0.3) is 0 Å². The second kappa shape index (κ2) is 7.83. The van der Waals surface area contributed by atoms with Gasteiger partial charge < -0.3 is 0 Å². The van der Waals surface area contributed by atoms with Gasteiger partial charge in [-0.25, -0.2) is 22.0 Å². The SMILES string of the molecule is Cc1c(Cl)cccc1S(=O)(=O)NCCc1csc2nc(-c3cccc(F)c3)nn12. The summed E-state index contributed by atoms with van der Waals surface area (Å²) >= 11 is 7.42. The van der Waals surface area contributed by atoms with Crippen LogP contribution in [0.1, 0.15) is 11.3 Å². The Morgan fingerprint density at radius 3 is 2.83 bits per heavy atom. The van der Waals surface area contributed by atoms with Gasteiger partial charge in [-0.2, -0.15) is 4.98 Å². The highest BCUT2D eigenvalue weighted by molar-refractivity contribution is 7.89. The number of hydrogen-bond acceptors (Lipinski definition) is 5. The van der Waals surface area contributed by atoms with Crippen molar-refractivity contribution in [1.29, 1.82) is 0 Å². The molecule has 0 aliphatic heterocycles. The molecule has 6 nitrogen and oxygen atoms in total. The molecule has 2 aromatic carbocycles. The first-order valence-electron chi connectivity index (χ1n) is 8.69. The molecule has 0 amide bonds. The van der Waals surface area contributed by atoms with E-state index in [9.17, 15) is 12.8 Å². The Labute approximate surface area is 176 Å². The lowest BCUT2D eigenvalue weighted by atomic mass is 10.2. The summed E-state index contributed by atoms with van der Waals surface area (Å²) in [4.78, 5) is 5.24. The minimum Gasteiger partial charge on any atom is -0.211 e. The minimum absolute atomic E-state index is 0.162. The van der Waals surface area contributed by atoms with Gasteiger partial charge in [-0.1, -0.05) is 29.8 Å². The normalized spacial score (nSPS) is 12.0. The topological polar surface area (TPSA) is 76.4 Å². The van der Waals surface area contributed by atoms with Crippen LogP contribution < -0.4 is 4.72 Å². The zero-order valence-electron chi connectivity index (χ0n) is 15.3. The summed E-state index contributed by atoms with van der Waals surface area (Å²) in [5, 5.41) is 6.72. The maximum atomic E-state index is 13.5. The molecule has 29 heavy (non-hydrogen) atoms. The van der Waals surface area contributed by atoms with E-state index < -0.39 is 10.0 Å². The summed E-state index contributed by atoms with van der Waals surface area (Å²) in [7, 11) is -3.68. The van der Waals surface area contributed by atoms with Crippen LogP contribution >= 0.6 is 22.9 Å². The van der Waals surface area contributed by atoms with Gasteiger partial charge in [0, 0.05) is 28.9 Å². The zero-order valence-corrected chi connectivity index (χ0v) is 17.7. The number of sulfonamides is 1. The number of nitrogens with one attached hydrogen (secondary N) is 1. The number of hydrogen-bond donors (Lipinski definition) is 1. The summed E-state index contributed by atoms with van der Waals surface area (Å²) in [6, 6.07) is 10.9. The Morgan fingerprint density at radius 1 is 1.24 bits per heavy atom. The lowest BCUT2D eigenvalue weighted by Gasteiger charge is -2.10. The zero-order chi connectivity index (χ0) is 20.6. The molecule has 0 saturated heterocycles. The van der Waals surface area contributed by atoms with Crippen molar-refractivity contribution in [3.63, 3.8) is 0 Å². The van der Waals surface area contributed by atoms with Crippen LogP contribution in [0.15, 0.2) is 52.7 Å². The van der Waals surface area contributed by atoms with E-state index in [1.807, 2.05) is 5.38 Å². The first-order valence-corrected chi connectivity index (χ1v) is 11.4. The maximum Gasteiger partial charge on any atom is 0.240 e. The standard InChI is InChI=1S/C19H16ClFN4O2S2/c1-12-16(20)6-3-7-17(12)29(26,27)22-9-8-15-11-28-19-23-18(24-25(15)19)13-4-2-5-14(21)10-13/h2-7,10-11,22H,8-9H2,1H3. The van der Waals surface area contributed by atoms with Crippen LogP contribution in [0, 0.1) is 12.7 Å². The van der Waals surface area contributed by atoms with E-state index in [4.69, 9.17) is 11.6 Å². The van der Waals surface area contributed by atoms with E-state index in [2.05, 4.69) is 14.8 Å². The third-order valence-electron chi connectivity index (χ3n) is 4.41. The molecule has 150 valence electrons. The van der Waals surface area contributed by atoms with Crippen LogP contribution in [-0.2, 0) is 16.4 Å². The summed E-state index contributed by atoms with van der Waals surface area (Å²) in [6.45, 7) is 1.86. The lowest BCUT2D eigenvalue weighted by Crippen LogP contribution is -2.27. The number of rotatable bonds is 6. The van der Waals surface area contributed by atoms with E-state index >= 15 is 0 Å². The van der Waals surface area contributed by atoms with Gasteiger partial charge in [0.1, 0.15) is 5.82 Å². The fourth-order valence-corrected chi connectivity index (χ4v) is 5.30. The maximum absolute atomic E-state index is 13.5. The molecule has 0 aliphatic carbocycles. The summed E-state index contributed by atoms with van der Waals surface area (Å²) in [5.74, 6) is 0.0688. The highest BCUT2D eigenvalue weighted by Crippen LogP contribution is 2.23. The van der Waals surface area contributed by atoms with Crippen LogP contribution in [0.4, 0.5) is 4.39 Å². The third-order valence-corrected chi connectivity index (χ3v) is 7.29. The third kappa shape index (κ3) is 4.04. The van der Waals surface area contributed by atoms with E-state index in [1.165, 1.54) is 29.5 Å². The molecular weight excluding hydrogens is 435 g/mol. The van der Waals surface area contributed by atoms with Crippen molar-refractivity contribution < 1.29 is 12.8 Å². The number of benzene rings is 2.